The Balaban J connectivity index is 1.49. The maximum atomic E-state index is 12.1. The van der Waals surface area contributed by atoms with Gasteiger partial charge in [-0.25, -0.2) is 0 Å². The Morgan fingerprint density at radius 3 is 2.77 bits per heavy atom. The van der Waals surface area contributed by atoms with Gasteiger partial charge in [-0.15, -0.1) is 0 Å². The molecule has 2 fully saturated rings. The number of rotatable bonds is 6. The molecule has 1 aromatic rings. The van der Waals surface area contributed by atoms with E-state index in [4.69, 9.17) is 9.47 Å². The molecule has 2 saturated carbocycles. The van der Waals surface area contributed by atoms with Gasteiger partial charge in [-0.1, -0.05) is 24.6 Å². The molecule has 22 heavy (non-hydrogen) atoms. The van der Waals surface area contributed by atoms with Gasteiger partial charge in [0.1, 0.15) is 5.75 Å². The second kappa shape index (κ2) is 6.29. The van der Waals surface area contributed by atoms with E-state index in [9.17, 15) is 4.79 Å². The molecular weight excluding hydrogens is 278 g/mol. The summed E-state index contributed by atoms with van der Waals surface area (Å²) in [6, 6.07) is 8.01. The molecule has 2 aliphatic rings. The Morgan fingerprint density at radius 2 is 2.14 bits per heavy atom. The van der Waals surface area contributed by atoms with Crippen molar-refractivity contribution >= 4 is 5.91 Å². The van der Waals surface area contributed by atoms with E-state index in [1.54, 1.807) is 0 Å². The molecule has 1 spiro atoms. The largest absolute Gasteiger partial charge is 0.484 e. The van der Waals surface area contributed by atoms with Crippen LogP contribution in [0.1, 0.15) is 38.2 Å². The van der Waals surface area contributed by atoms with Crippen molar-refractivity contribution in [2.24, 2.45) is 5.41 Å². The molecule has 0 aliphatic heterocycles. The van der Waals surface area contributed by atoms with Gasteiger partial charge in [0.25, 0.3) is 5.91 Å². The summed E-state index contributed by atoms with van der Waals surface area (Å²) >= 11 is 0. The van der Waals surface area contributed by atoms with Gasteiger partial charge < -0.3 is 14.8 Å². The molecule has 1 N–H and O–H groups in total. The van der Waals surface area contributed by atoms with Crippen LogP contribution >= 0.6 is 0 Å². The first-order chi connectivity index (χ1) is 10.7. The second-order valence-corrected chi connectivity index (χ2v) is 6.44. The van der Waals surface area contributed by atoms with Crippen molar-refractivity contribution in [3.63, 3.8) is 0 Å². The lowest BCUT2D eigenvalue weighted by Crippen LogP contribution is -2.68. The molecule has 0 aromatic heterocycles. The Bertz CT molecular complexity index is 539. The zero-order chi connectivity index (χ0) is 15.6. The van der Waals surface area contributed by atoms with E-state index < -0.39 is 0 Å². The minimum atomic E-state index is -0.0329. The molecule has 0 radical (unpaired) electrons. The van der Waals surface area contributed by atoms with E-state index >= 15 is 0 Å². The Hall–Kier alpha value is -1.55. The third kappa shape index (κ3) is 2.72. The summed E-state index contributed by atoms with van der Waals surface area (Å²) in [6.45, 7) is 4.85. The number of hydrogen-bond donors (Lipinski definition) is 1. The number of para-hydroxylation sites is 1. The first-order valence-corrected chi connectivity index (χ1v) is 8.25. The Morgan fingerprint density at radius 1 is 1.36 bits per heavy atom. The van der Waals surface area contributed by atoms with E-state index in [1.807, 2.05) is 38.1 Å². The van der Waals surface area contributed by atoms with Crippen LogP contribution in [0.3, 0.4) is 0 Å². The highest BCUT2D eigenvalue weighted by atomic mass is 16.5. The number of nitrogens with one attached hydrogen (secondary N) is 1. The molecule has 3 rings (SSSR count). The topological polar surface area (TPSA) is 47.6 Å². The lowest BCUT2D eigenvalue weighted by molar-refractivity contribution is -0.176. The minimum Gasteiger partial charge on any atom is -0.484 e. The highest BCUT2D eigenvalue weighted by Crippen LogP contribution is 2.57. The number of ether oxygens (including phenoxy) is 2. The maximum Gasteiger partial charge on any atom is 0.258 e. The monoisotopic (exact) mass is 303 g/mol. The summed E-state index contributed by atoms with van der Waals surface area (Å²) in [5.74, 6) is 0.742. The van der Waals surface area contributed by atoms with Crippen molar-refractivity contribution in [3.05, 3.63) is 29.8 Å². The van der Waals surface area contributed by atoms with E-state index in [2.05, 4.69) is 5.32 Å². The first kappa shape index (κ1) is 15.3. The lowest BCUT2D eigenvalue weighted by atomic mass is 9.51. The fourth-order valence-electron chi connectivity index (χ4n) is 3.74. The second-order valence-electron chi connectivity index (χ2n) is 6.44. The third-order valence-corrected chi connectivity index (χ3v) is 5.22. The lowest BCUT2D eigenvalue weighted by Gasteiger charge is -2.60. The van der Waals surface area contributed by atoms with E-state index in [-0.39, 0.29) is 24.0 Å². The summed E-state index contributed by atoms with van der Waals surface area (Å²) < 4.78 is 11.4. The van der Waals surface area contributed by atoms with Crippen molar-refractivity contribution in [2.45, 2.75) is 51.7 Å². The summed E-state index contributed by atoms with van der Waals surface area (Å²) in [5, 5.41) is 3.14. The molecule has 2 aliphatic carbocycles. The van der Waals surface area contributed by atoms with Gasteiger partial charge in [0.15, 0.2) is 6.61 Å². The number of benzene rings is 1. The standard InChI is InChI=1S/C18H25NO3/c1-3-21-16-11-15(18(16)9-6-10-18)19-17(20)12-22-14-8-5-4-7-13(14)2/h4-5,7-8,15-16H,3,6,9-12H2,1-2H3,(H,19,20)/t15-,16-/m0/s1. The van der Waals surface area contributed by atoms with E-state index in [0.717, 1.165) is 24.3 Å². The SMILES string of the molecule is CCO[C@H]1C[C@H](NC(=O)COc2ccccc2C)C12CCC2. The third-order valence-electron chi connectivity index (χ3n) is 5.22. The molecule has 0 bridgehead atoms. The van der Waals surface area contributed by atoms with Gasteiger partial charge in [0.2, 0.25) is 0 Å². The van der Waals surface area contributed by atoms with Crippen LogP contribution in [-0.2, 0) is 9.53 Å². The summed E-state index contributed by atoms with van der Waals surface area (Å²) in [5.41, 5.74) is 1.25. The quantitative estimate of drug-likeness (QED) is 0.879. The smallest absolute Gasteiger partial charge is 0.258 e. The molecule has 1 amide bonds. The molecule has 0 unspecified atom stereocenters. The number of carbonyl (C=O) groups excluding carboxylic acids is 1. The molecule has 4 nitrogen and oxygen atoms in total. The normalized spacial score (nSPS) is 25.2. The van der Waals surface area contributed by atoms with Crippen molar-refractivity contribution in [1.29, 1.82) is 0 Å². The van der Waals surface area contributed by atoms with Gasteiger partial charge >= 0.3 is 0 Å². The zero-order valence-corrected chi connectivity index (χ0v) is 13.4. The van der Waals surface area contributed by atoms with Crippen LogP contribution in [0.5, 0.6) is 5.75 Å². The van der Waals surface area contributed by atoms with Gasteiger partial charge in [0.05, 0.1) is 6.10 Å². The van der Waals surface area contributed by atoms with Crippen LogP contribution in [0, 0.1) is 12.3 Å². The number of amides is 1. The van der Waals surface area contributed by atoms with Gasteiger partial charge in [0, 0.05) is 18.1 Å². The summed E-state index contributed by atoms with van der Waals surface area (Å²) in [4.78, 5) is 12.1. The molecule has 0 saturated heterocycles. The van der Waals surface area contributed by atoms with Crippen LogP contribution in [0.4, 0.5) is 0 Å². The van der Waals surface area contributed by atoms with Crippen molar-refractivity contribution < 1.29 is 14.3 Å². The van der Waals surface area contributed by atoms with Crippen LogP contribution in [0.2, 0.25) is 0 Å². The highest BCUT2D eigenvalue weighted by molar-refractivity contribution is 5.78. The van der Waals surface area contributed by atoms with Crippen LogP contribution in [0.15, 0.2) is 24.3 Å². The van der Waals surface area contributed by atoms with Crippen molar-refractivity contribution in [3.8, 4) is 5.75 Å². The Kier molecular flexibility index (Phi) is 4.39. The van der Waals surface area contributed by atoms with Gasteiger partial charge in [-0.05, 0) is 44.7 Å². The van der Waals surface area contributed by atoms with Crippen LogP contribution in [0.25, 0.3) is 0 Å². The highest BCUT2D eigenvalue weighted by Gasteiger charge is 2.59. The first-order valence-electron chi connectivity index (χ1n) is 8.25. The van der Waals surface area contributed by atoms with Gasteiger partial charge in [-0.3, -0.25) is 4.79 Å². The number of carbonyl (C=O) groups is 1. The zero-order valence-electron chi connectivity index (χ0n) is 13.4. The predicted octanol–water partition coefficient (Wildman–Crippen LogP) is 2.84. The molecule has 120 valence electrons. The molecular formula is C18H25NO3. The molecule has 1 aromatic carbocycles. The maximum absolute atomic E-state index is 12.1. The van der Waals surface area contributed by atoms with Crippen LogP contribution < -0.4 is 10.1 Å². The molecule has 0 heterocycles. The minimum absolute atomic E-state index is 0.0329. The Labute approximate surface area is 132 Å². The van der Waals surface area contributed by atoms with Crippen molar-refractivity contribution in [1.82, 2.24) is 5.32 Å². The van der Waals surface area contributed by atoms with E-state index in [0.29, 0.717) is 6.10 Å². The molecule has 2 atom stereocenters. The van der Waals surface area contributed by atoms with E-state index in [1.165, 1.54) is 19.3 Å². The predicted molar refractivity (Wildman–Crippen MR) is 84.9 cm³/mol. The summed E-state index contributed by atoms with van der Waals surface area (Å²) in [7, 11) is 0. The van der Waals surface area contributed by atoms with Gasteiger partial charge in [-0.2, -0.15) is 0 Å². The average Bonchev–Trinajstić information content (AvgIpc) is 2.43. The molecule has 4 heteroatoms. The average molecular weight is 303 g/mol. The number of hydrogen-bond acceptors (Lipinski definition) is 3. The van der Waals surface area contributed by atoms with Crippen molar-refractivity contribution in [2.75, 3.05) is 13.2 Å². The van der Waals surface area contributed by atoms with Crippen LogP contribution in [-0.4, -0.2) is 31.3 Å². The fourth-order valence-corrected chi connectivity index (χ4v) is 3.74. The fraction of sp³-hybridized carbons (Fsp3) is 0.611. The summed E-state index contributed by atoms with van der Waals surface area (Å²) in [6.07, 6.45) is 4.84. The number of aryl methyl sites for hydroxylation is 1.